The highest BCUT2D eigenvalue weighted by atomic mass is 19.2. The maximum atomic E-state index is 14.1. The van der Waals surface area contributed by atoms with Crippen LogP contribution in [0.2, 0.25) is 0 Å². The van der Waals surface area contributed by atoms with E-state index in [-0.39, 0.29) is 16.7 Å². The maximum Gasteiger partial charge on any atom is 0.167 e. The molecule has 22 heavy (non-hydrogen) atoms. The Hall–Kier alpha value is -2.27. The number of ether oxygens (including phenoxy) is 1. The third-order valence-electron chi connectivity index (χ3n) is 3.15. The normalized spacial score (nSPS) is 11.1. The molecule has 5 heteroatoms. The highest BCUT2D eigenvalue weighted by Gasteiger charge is 2.17. The van der Waals surface area contributed by atoms with Crippen LogP contribution in [0, 0.1) is 17.5 Å². The zero-order valence-electron chi connectivity index (χ0n) is 11.9. The molecule has 0 saturated carbocycles. The van der Waals surface area contributed by atoms with Gasteiger partial charge in [-0.25, -0.2) is 13.2 Å². The highest BCUT2D eigenvalue weighted by molar-refractivity contribution is 5.66. The molecule has 0 bridgehead atoms. The molecule has 2 rings (SSSR count). The van der Waals surface area contributed by atoms with Gasteiger partial charge in [0.1, 0.15) is 18.2 Å². The first-order valence-corrected chi connectivity index (χ1v) is 6.70. The summed E-state index contributed by atoms with van der Waals surface area (Å²) in [6, 6.07) is 6.40. The first-order chi connectivity index (χ1) is 10.6. The summed E-state index contributed by atoms with van der Waals surface area (Å²) in [5, 5.41) is 8.90. The van der Waals surface area contributed by atoms with Crippen LogP contribution >= 0.6 is 0 Å². The second kappa shape index (κ2) is 7.13. The number of hydrogen-bond donors (Lipinski definition) is 1. The lowest BCUT2D eigenvalue weighted by molar-refractivity contribution is 0.273. The Labute approximate surface area is 126 Å². The van der Waals surface area contributed by atoms with E-state index in [9.17, 15) is 13.2 Å². The molecule has 0 spiro atoms. The van der Waals surface area contributed by atoms with Crippen LogP contribution in [0.25, 0.3) is 11.1 Å². The van der Waals surface area contributed by atoms with E-state index in [1.165, 1.54) is 24.3 Å². The molecular formula is C17H15F3O2. The lowest BCUT2D eigenvalue weighted by atomic mass is 10.0. The number of aliphatic hydroxyl groups is 1. The van der Waals surface area contributed by atoms with Gasteiger partial charge in [0.2, 0.25) is 0 Å². The van der Waals surface area contributed by atoms with Crippen LogP contribution in [0.5, 0.6) is 5.75 Å². The third-order valence-corrected chi connectivity index (χ3v) is 3.15. The Kier molecular flexibility index (Phi) is 5.22. The van der Waals surface area contributed by atoms with E-state index in [1.807, 2.05) is 6.92 Å². The fourth-order valence-corrected chi connectivity index (χ4v) is 1.96. The molecule has 0 atom stereocenters. The number of rotatable bonds is 5. The average Bonchev–Trinajstić information content (AvgIpc) is 2.51. The summed E-state index contributed by atoms with van der Waals surface area (Å²) in [6.07, 6.45) is 3.56. The van der Waals surface area contributed by atoms with E-state index < -0.39 is 24.1 Å². The quantitative estimate of drug-likeness (QED) is 0.838. The van der Waals surface area contributed by atoms with Crippen LogP contribution in [-0.2, 0) is 6.61 Å². The molecule has 0 heterocycles. The Morgan fingerprint density at radius 2 is 1.77 bits per heavy atom. The van der Waals surface area contributed by atoms with Crippen molar-refractivity contribution in [2.45, 2.75) is 13.5 Å². The third kappa shape index (κ3) is 3.31. The van der Waals surface area contributed by atoms with Gasteiger partial charge in [0.25, 0.3) is 0 Å². The molecule has 0 aliphatic carbocycles. The summed E-state index contributed by atoms with van der Waals surface area (Å²) >= 11 is 0. The topological polar surface area (TPSA) is 29.5 Å². The Bertz CT molecular complexity index is 697. The van der Waals surface area contributed by atoms with Gasteiger partial charge in [-0.05, 0) is 19.1 Å². The van der Waals surface area contributed by atoms with E-state index in [1.54, 1.807) is 12.2 Å². The number of aliphatic hydroxyl groups excluding tert-OH is 1. The first-order valence-electron chi connectivity index (χ1n) is 6.70. The predicted molar refractivity (Wildman–Crippen MR) is 78.0 cm³/mol. The maximum absolute atomic E-state index is 14.1. The van der Waals surface area contributed by atoms with Gasteiger partial charge in [0, 0.05) is 22.8 Å². The molecule has 0 aliphatic heterocycles. The SMILES string of the molecule is CC=CCOc1ccc(-c2ccc(CO)c(F)c2F)c(F)c1. The number of hydrogen-bond acceptors (Lipinski definition) is 2. The Balaban J connectivity index is 2.35. The van der Waals surface area contributed by atoms with Crippen LogP contribution < -0.4 is 4.74 Å². The summed E-state index contributed by atoms with van der Waals surface area (Å²) < 4.78 is 47.0. The second-order valence-corrected chi connectivity index (χ2v) is 4.58. The molecule has 0 aliphatic rings. The van der Waals surface area contributed by atoms with Gasteiger partial charge in [-0.2, -0.15) is 0 Å². The molecule has 2 nitrogen and oxygen atoms in total. The lowest BCUT2D eigenvalue weighted by Gasteiger charge is -2.10. The minimum atomic E-state index is -1.19. The molecule has 1 N–H and O–H groups in total. The Morgan fingerprint density at radius 1 is 1.05 bits per heavy atom. The second-order valence-electron chi connectivity index (χ2n) is 4.58. The summed E-state index contributed by atoms with van der Waals surface area (Å²) in [5.74, 6) is -2.78. The van der Waals surface area contributed by atoms with E-state index in [0.717, 1.165) is 6.07 Å². The van der Waals surface area contributed by atoms with Crippen molar-refractivity contribution in [2.75, 3.05) is 6.61 Å². The molecule has 0 aromatic heterocycles. The van der Waals surface area contributed by atoms with E-state index >= 15 is 0 Å². The average molecular weight is 308 g/mol. The van der Waals surface area contributed by atoms with Crippen LogP contribution in [0.1, 0.15) is 12.5 Å². The molecule has 2 aromatic rings. The van der Waals surface area contributed by atoms with Crippen molar-refractivity contribution >= 4 is 0 Å². The summed E-state index contributed by atoms with van der Waals surface area (Å²) in [7, 11) is 0. The lowest BCUT2D eigenvalue weighted by Crippen LogP contribution is -1.99. The zero-order valence-corrected chi connectivity index (χ0v) is 11.9. The van der Waals surface area contributed by atoms with Crippen LogP contribution in [0.4, 0.5) is 13.2 Å². The Morgan fingerprint density at radius 3 is 2.41 bits per heavy atom. The van der Waals surface area contributed by atoms with Crippen LogP contribution in [0.3, 0.4) is 0 Å². The largest absolute Gasteiger partial charge is 0.489 e. The molecule has 0 radical (unpaired) electrons. The molecule has 116 valence electrons. The van der Waals surface area contributed by atoms with E-state index in [2.05, 4.69) is 0 Å². The van der Waals surface area contributed by atoms with Gasteiger partial charge in [0.15, 0.2) is 11.6 Å². The van der Waals surface area contributed by atoms with E-state index in [0.29, 0.717) is 12.4 Å². The minimum absolute atomic E-state index is 0.0701. The molecule has 0 fully saturated rings. The summed E-state index contributed by atoms with van der Waals surface area (Å²) in [6.45, 7) is 1.51. The smallest absolute Gasteiger partial charge is 0.167 e. The minimum Gasteiger partial charge on any atom is -0.489 e. The van der Waals surface area contributed by atoms with Crippen molar-refractivity contribution in [3.63, 3.8) is 0 Å². The van der Waals surface area contributed by atoms with Crippen molar-refractivity contribution in [1.29, 1.82) is 0 Å². The number of benzene rings is 2. The highest BCUT2D eigenvalue weighted by Crippen LogP contribution is 2.30. The van der Waals surface area contributed by atoms with Crippen LogP contribution in [0.15, 0.2) is 42.5 Å². The number of halogens is 3. The van der Waals surface area contributed by atoms with Gasteiger partial charge in [-0.3, -0.25) is 0 Å². The van der Waals surface area contributed by atoms with Crippen molar-refractivity contribution in [3.8, 4) is 16.9 Å². The zero-order chi connectivity index (χ0) is 16.1. The van der Waals surface area contributed by atoms with Crippen molar-refractivity contribution < 1.29 is 23.0 Å². The summed E-state index contributed by atoms with van der Waals surface area (Å²) in [5.41, 5.74) is -0.445. The van der Waals surface area contributed by atoms with Gasteiger partial charge >= 0.3 is 0 Å². The number of allylic oxidation sites excluding steroid dienone is 1. The van der Waals surface area contributed by atoms with Gasteiger partial charge in [0.05, 0.1) is 6.61 Å². The van der Waals surface area contributed by atoms with Gasteiger partial charge < -0.3 is 9.84 Å². The fourth-order valence-electron chi connectivity index (χ4n) is 1.96. The molecular weight excluding hydrogens is 293 g/mol. The molecule has 0 unspecified atom stereocenters. The monoisotopic (exact) mass is 308 g/mol. The predicted octanol–water partition coefficient (Wildman–Crippen LogP) is 4.22. The summed E-state index contributed by atoms with van der Waals surface area (Å²) in [4.78, 5) is 0. The van der Waals surface area contributed by atoms with Crippen molar-refractivity contribution in [2.24, 2.45) is 0 Å². The van der Waals surface area contributed by atoms with Crippen LogP contribution in [-0.4, -0.2) is 11.7 Å². The fraction of sp³-hybridized carbons (Fsp3) is 0.176. The molecule has 0 saturated heterocycles. The van der Waals surface area contributed by atoms with Gasteiger partial charge in [-0.1, -0.05) is 24.3 Å². The molecule has 2 aromatic carbocycles. The van der Waals surface area contributed by atoms with E-state index in [4.69, 9.17) is 9.84 Å². The molecule has 0 amide bonds. The van der Waals surface area contributed by atoms with Crippen molar-refractivity contribution in [1.82, 2.24) is 0 Å². The van der Waals surface area contributed by atoms with Crippen molar-refractivity contribution in [3.05, 3.63) is 65.5 Å². The standard InChI is InChI=1S/C17H15F3O2/c1-2-3-8-22-12-5-7-13(15(18)9-12)14-6-4-11(10-21)16(19)17(14)20/h2-7,9,21H,8,10H2,1H3. The van der Waals surface area contributed by atoms with Gasteiger partial charge in [-0.15, -0.1) is 0 Å². The first kappa shape index (κ1) is 16.1.